The van der Waals surface area contributed by atoms with Crippen molar-refractivity contribution in [1.29, 1.82) is 0 Å². The van der Waals surface area contributed by atoms with Crippen molar-refractivity contribution in [2.45, 2.75) is 20.0 Å². The van der Waals surface area contributed by atoms with E-state index in [4.69, 9.17) is 0 Å². The van der Waals surface area contributed by atoms with Crippen LogP contribution in [0, 0.1) is 13.8 Å². The molecule has 2 nitrogen and oxygen atoms in total. The molecule has 62 valence electrons. The molecule has 0 saturated heterocycles. The second-order valence-corrected chi connectivity index (χ2v) is 2.29. The number of aryl methyl sites for hydroxylation is 2. The van der Waals surface area contributed by atoms with E-state index in [-0.39, 0.29) is 0 Å². The smallest absolute Gasteiger partial charge is 0.338 e. The number of aromatic nitrogens is 2. The Labute approximate surface area is 61.5 Å². The Morgan fingerprint density at radius 1 is 1.27 bits per heavy atom. The topological polar surface area (TPSA) is 28.7 Å². The summed E-state index contributed by atoms with van der Waals surface area (Å²) in [5, 5.41) is 0. The third-order valence-electron chi connectivity index (χ3n) is 1.40. The molecule has 0 bridgehead atoms. The van der Waals surface area contributed by atoms with Gasteiger partial charge in [-0.2, -0.15) is 13.2 Å². The van der Waals surface area contributed by atoms with Gasteiger partial charge in [-0.15, -0.1) is 0 Å². The van der Waals surface area contributed by atoms with E-state index >= 15 is 0 Å². The lowest BCUT2D eigenvalue weighted by atomic mass is 10.4. The van der Waals surface area contributed by atoms with E-state index < -0.39 is 12.0 Å². The number of hydrogen-bond acceptors (Lipinski definition) is 1. The summed E-state index contributed by atoms with van der Waals surface area (Å²) in [4.78, 5) is 5.45. The lowest BCUT2D eigenvalue weighted by molar-refractivity contribution is -0.144. The van der Waals surface area contributed by atoms with E-state index in [0.29, 0.717) is 11.4 Å². The standard InChI is InChI=1S/C6H7F3N2/c1-3-4(2)11-5(10-3)6(7,8)9/h1-2H3,(H,10,11). The van der Waals surface area contributed by atoms with Crippen LogP contribution in [0.5, 0.6) is 0 Å². The molecule has 0 aliphatic heterocycles. The predicted octanol–water partition coefficient (Wildman–Crippen LogP) is 2.05. The van der Waals surface area contributed by atoms with Gasteiger partial charge in [0, 0.05) is 5.69 Å². The summed E-state index contributed by atoms with van der Waals surface area (Å²) in [6.45, 7) is 3.08. The molecule has 0 atom stereocenters. The van der Waals surface area contributed by atoms with Crippen LogP contribution in [0.4, 0.5) is 13.2 Å². The Hall–Kier alpha value is -1.00. The maximum atomic E-state index is 11.9. The molecule has 0 saturated carbocycles. The van der Waals surface area contributed by atoms with Crippen molar-refractivity contribution >= 4 is 0 Å². The predicted molar refractivity (Wildman–Crippen MR) is 33.1 cm³/mol. The van der Waals surface area contributed by atoms with Crippen molar-refractivity contribution in [2.75, 3.05) is 0 Å². The van der Waals surface area contributed by atoms with Crippen LogP contribution in [0.25, 0.3) is 0 Å². The van der Waals surface area contributed by atoms with E-state index in [1.54, 1.807) is 6.92 Å². The third-order valence-corrected chi connectivity index (χ3v) is 1.40. The summed E-state index contributed by atoms with van der Waals surface area (Å²) in [5.74, 6) is -0.924. The highest BCUT2D eigenvalue weighted by Crippen LogP contribution is 2.26. The molecule has 11 heavy (non-hydrogen) atoms. The number of nitrogens with zero attached hydrogens (tertiary/aromatic N) is 1. The number of nitrogens with one attached hydrogen (secondary N) is 1. The average Bonchev–Trinajstić information content (AvgIpc) is 2.11. The average molecular weight is 164 g/mol. The van der Waals surface area contributed by atoms with Crippen LogP contribution in [0.1, 0.15) is 17.2 Å². The molecule has 0 fully saturated rings. The Bertz CT molecular complexity index is 242. The lowest BCUT2D eigenvalue weighted by Gasteiger charge is -1.99. The van der Waals surface area contributed by atoms with Crippen LogP contribution in [0.3, 0.4) is 0 Å². The van der Waals surface area contributed by atoms with Crippen LogP contribution < -0.4 is 0 Å². The SMILES string of the molecule is Cc1nc(C(F)(F)F)[nH]c1C. The number of imidazole rings is 1. The van der Waals surface area contributed by atoms with Gasteiger partial charge in [-0.3, -0.25) is 0 Å². The summed E-state index contributed by atoms with van der Waals surface area (Å²) in [6.07, 6.45) is -4.36. The van der Waals surface area contributed by atoms with Gasteiger partial charge >= 0.3 is 6.18 Å². The quantitative estimate of drug-likeness (QED) is 0.624. The lowest BCUT2D eigenvalue weighted by Crippen LogP contribution is -2.07. The zero-order chi connectivity index (χ0) is 8.65. The van der Waals surface area contributed by atoms with Gasteiger partial charge in [-0.1, -0.05) is 0 Å². The van der Waals surface area contributed by atoms with Crippen LogP contribution in [-0.4, -0.2) is 9.97 Å². The number of halogens is 3. The zero-order valence-electron chi connectivity index (χ0n) is 6.08. The number of rotatable bonds is 0. The second-order valence-electron chi connectivity index (χ2n) is 2.29. The number of H-pyrrole nitrogens is 1. The van der Waals surface area contributed by atoms with E-state index in [2.05, 4.69) is 9.97 Å². The third kappa shape index (κ3) is 1.53. The normalized spacial score (nSPS) is 12.1. The highest BCUT2D eigenvalue weighted by Gasteiger charge is 2.34. The van der Waals surface area contributed by atoms with E-state index in [0.717, 1.165) is 0 Å². The minimum Gasteiger partial charge on any atom is -0.338 e. The molecular weight excluding hydrogens is 157 g/mol. The van der Waals surface area contributed by atoms with Crippen molar-refractivity contribution in [2.24, 2.45) is 0 Å². The molecule has 0 aliphatic carbocycles. The van der Waals surface area contributed by atoms with Crippen LogP contribution in [0.15, 0.2) is 0 Å². The molecule has 5 heteroatoms. The summed E-state index contributed by atoms with van der Waals surface area (Å²) in [5.41, 5.74) is 0.842. The molecule has 0 aromatic carbocycles. The van der Waals surface area contributed by atoms with Crippen LogP contribution in [-0.2, 0) is 6.18 Å². The molecule has 1 aromatic rings. The Morgan fingerprint density at radius 3 is 2.00 bits per heavy atom. The summed E-state index contributed by atoms with van der Waals surface area (Å²) >= 11 is 0. The molecule has 1 rings (SSSR count). The van der Waals surface area contributed by atoms with Crippen LogP contribution in [0.2, 0.25) is 0 Å². The first-order valence-electron chi connectivity index (χ1n) is 3.01. The van der Waals surface area contributed by atoms with Gasteiger partial charge in [-0.05, 0) is 13.8 Å². The number of alkyl halides is 3. The molecule has 0 aliphatic rings. The van der Waals surface area contributed by atoms with Crippen molar-refractivity contribution in [3.05, 3.63) is 17.2 Å². The molecule has 0 spiro atoms. The Kier molecular flexibility index (Phi) is 1.66. The number of hydrogen-bond donors (Lipinski definition) is 1. The fourth-order valence-electron chi connectivity index (χ4n) is 0.682. The van der Waals surface area contributed by atoms with Gasteiger partial charge in [0.1, 0.15) is 0 Å². The van der Waals surface area contributed by atoms with E-state index in [1.165, 1.54) is 6.92 Å². The molecule has 0 radical (unpaired) electrons. The Balaban J connectivity index is 3.08. The zero-order valence-corrected chi connectivity index (χ0v) is 6.08. The monoisotopic (exact) mass is 164 g/mol. The van der Waals surface area contributed by atoms with Gasteiger partial charge in [0.2, 0.25) is 5.82 Å². The van der Waals surface area contributed by atoms with Gasteiger partial charge in [0.05, 0.1) is 5.69 Å². The van der Waals surface area contributed by atoms with Crippen molar-refractivity contribution in [3.63, 3.8) is 0 Å². The van der Waals surface area contributed by atoms with Crippen molar-refractivity contribution < 1.29 is 13.2 Å². The first kappa shape index (κ1) is 8.10. The summed E-state index contributed by atoms with van der Waals surface area (Å²) in [7, 11) is 0. The van der Waals surface area contributed by atoms with Crippen molar-refractivity contribution in [3.8, 4) is 0 Å². The van der Waals surface area contributed by atoms with Gasteiger partial charge in [0.15, 0.2) is 0 Å². The first-order chi connectivity index (χ1) is 4.91. The largest absolute Gasteiger partial charge is 0.449 e. The van der Waals surface area contributed by atoms with Gasteiger partial charge < -0.3 is 4.98 Å². The number of aromatic amines is 1. The van der Waals surface area contributed by atoms with Gasteiger partial charge in [0.25, 0.3) is 0 Å². The van der Waals surface area contributed by atoms with E-state index in [9.17, 15) is 13.2 Å². The first-order valence-corrected chi connectivity index (χ1v) is 3.01. The summed E-state index contributed by atoms with van der Waals surface area (Å²) in [6, 6.07) is 0. The fourth-order valence-corrected chi connectivity index (χ4v) is 0.682. The molecule has 1 heterocycles. The highest BCUT2D eigenvalue weighted by molar-refractivity contribution is 5.12. The fraction of sp³-hybridized carbons (Fsp3) is 0.500. The van der Waals surface area contributed by atoms with Crippen molar-refractivity contribution in [1.82, 2.24) is 9.97 Å². The maximum Gasteiger partial charge on any atom is 0.449 e. The molecule has 1 aromatic heterocycles. The highest BCUT2D eigenvalue weighted by atomic mass is 19.4. The molecular formula is C6H7F3N2. The minimum absolute atomic E-state index is 0.386. The maximum absolute atomic E-state index is 11.9. The summed E-state index contributed by atoms with van der Waals surface area (Å²) < 4.78 is 35.7. The van der Waals surface area contributed by atoms with Crippen LogP contribution >= 0.6 is 0 Å². The second kappa shape index (κ2) is 2.25. The van der Waals surface area contributed by atoms with E-state index in [1.807, 2.05) is 0 Å². The van der Waals surface area contributed by atoms with Gasteiger partial charge in [-0.25, -0.2) is 4.98 Å². The molecule has 0 unspecified atom stereocenters. The Morgan fingerprint density at radius 2 is 1.82 bits per heavy atom. The molecule has 1 N–H and O–H groups in total. The minimum atomic E-state index is -4.36. The molecule has 0 amide bonds.